The summed E-state index contributed by atoms with van der Waals surface area (Å²) in [7, 11) is 0. The molecule has 0 radical (unpaired) electrons. The number of amides is 2. The van der Waals surface area contributed by atoms with Crippen LogP contribution in [0.2, 0.25) is 0 Å². The van der Waals surface area contributed by atoms with Crippen LogP contribution in [0.25, 0.3) is 5.69 Å². The number of carbonyl (C=O) groups is 1. The molecule has 5 heteroatoms. The van der Waals surface area contributed by atoms with Crippen molar-refractivity contribution in [2.75, 3.05) is 4.90 Å². The van der Waals surface area contributed by atoms with Gasteiger partial charge in [-0.1, -0.05) is 63.2 Å². The molecule has 0 atom stereocenters. The van der Waals surface area contributed by atoms with E-state index in [1.807, 2.05) is 41.1 Å². The molecule has 0 unspecified atom stereocenters. The normalized spacial score (nSPS) is 13.1. The number of nitrogens with one attached hydrogen (secondary N) is 1. The van der Waals surface area contributed by atoms with Crippen LogP contribution in [0.3, 0.4) is 0 Å². The van der Waals surface area contributed by atoms with Gasteiger partial charge in [-0.25, -0.2) is 9.48 Å². The minimum atomic E-state index is -0.112. The summed E-state index contributed by atoms with van der Waals surface area (Å²) in [4.78, 5) is 14.9. The molecule has 144 valence electrons. The van der Waals surface area contributed by atoms with E-state index < -0.39 is 0 Å². The second-order valence-corrected chi connectivity index (χ2v) is 8.35. The molecule has 1 aliphatic heterocycles. The highest BCUT2D eigenvalue weighted by atomic mass is 16.2. The monoisotopic (exact) mass is 374 g/mol. The molecule has 0 fully saturated rings. The zero-order chi connectivity index (χ0) is 19.9. The van der Waals surface area contributed by atoms with Crippen LogP contribution in [-0.4, -0.2) is 15.8 Å². The quantitative estimate of drug-likeness (QED) is 0.706. The Morgan fingerprint density at radius 1 is 1.11 bits per heavy atom. The summed E-state index contributed by atoms with van der Waals surface area (Å²) in [6.45, 7) is 9.50. The fraction of sp³-hybridized carbons (Fsp3) is 0.304. The highest BCUT2D eigenvalue weighted by molar-refractivity contribution is 5.92. The number of nitrogens with zero attached hydrogens (tertiary/aromatic N) is 3. The van der Waals surface area contributed by atoms with Gasteiger partial charge in [-0.05, 0) is 29.7 Å². The Balaban J connectivity index is 1.66. The molecule has 1 aromatic heterocycles. The molecule has 0 aliphatic carbocycles. The van der Waals surface area contributed by atoms with Crippen LogP contribution in [-0.2, 0) is 18.5 Å². The number of hydrogen-bond donors (Lipinski definition) is 1. The molecule has 0 spiro atoms. The van der Waals surface area contributed by atoms with E-state index in [0.717, 1.165) is 28.3 Å². The molecule has 3 aromatic rings. The average molecular weight is 374 g/mol. The molecule has 0 bridgehead atoms. The van der Waals surface area contributed by atoms with Crippen molar-refractivity contribution in [1.82, 2.24) is 15.1 Å². The lowest BCUT2D eigenvalue weighted by atomic mass is 9.92. The standard InChI is InChI=1S/C23H26N4O/c1-16-9-5-6-10-17(16)14-24-22(28)26-15-18-11-7-8-12-19(18)27-21(26)13-20(25-27)23(2,3)4/h5-13H,14-15H2,1-4H3,(H,24,28). The maximum Gasteiger partial charge on any atom is 0.323 e. The van der Waals surface area contributed by atoms with Crippen molar-refractivity contribution in [3.63, 3.8) is 0 Å². The van der Waals surface area contributed by atoms with Crippen LogP contribution < -0.4 is 10.2 Å². The third-order valence-corrected chi connectivity index (χ3v) is 5.22. The lowest BCUT2D eigenvalue weighted by Gasteiger charge is -2.29. The van der Waals surface area contributed by atoms with Crippen LogP contribution in [0, 0.1) is 6.92 Å². The first-order valence-corrected chi connectivity index (χ1v) is 9.63. The summed E-state index contributed by atoms with van der Waals surface area (Å²) in [5.41, 5.74) is 5.29. The molecule has 28 heavy (non-hydrogen) atoms. The molecule has 2 aromatic carbocycles. The van der Waals surface area contributed by atoms with Crippen molar-refractivity contribution < 1.29 is 4.79 Å². The number of para-hydroxylation sites is 1. The van der Waals surface area contributed by atoms with Gasteiger partial charge in [0.05, 0.1) is 17.9 Å². The van der Waals surface area contributed by atoms with Crippen LogP contribution in [0.5, 0.6) is 0 Å². The third kappa shape index (κ3) is 3.28. The van der Waals surface area contributed by atoms with Crippen LogP contribution in [0.15, 0.2) is 54.6 Å². The van der Waals surface area contributed by atoms with Gasteiger partial charge in [0, 0.05) is 18.0 Å². The Bertz CT molecular complexity index is 1030. The molecular weight excluding hydrogens is 348 g/mol. The SMILES string of the molecule is Cc1ccccc1CNC(=O)N1Cc2ccccc2-n2nc(C(C)(C)C)cc21. The third-order valence-electron chi connectivity index (χ3n) is 5.22. The fourth-order valence-corrected chi connectivity index (χ4v) is 3.46. The van der Waals surface area contributed by atoms with E-state index in [1.165, 1.54) is 5.56 Å². The maximum atomic E-state index is 13.1. The molecule has 2 amide bonds. The first kappa shape index (κ1) is 18.3. The number of rotatable bonds is 2. The highest BCUT2D eigenvalue weighted by Gasteiger charge is 2.30. The first-order valence-electron chi connectivity index (χ1n) is 9.63. The van der Waals surface area contributed by atoms with Crippen molar-refractivity contribution in [2.24, 2.45) is 0 Å². The van der Waals surface area contributed by atoms with Gasteiger partial charge in [-0.15, -0.1) is 0 Å². The lowest BCUT2D eigenvalue weighted by molar-refractivity contribution is 0.245. The van der Waals surface area contributed by atoms with Gasteiger partial charge < -0.3 is 5.32 Å². The van der Waals surface area contributed by atoms with Gasteiger partial charge >= 0.3 is 6.03 Å². The van der Waals surface area contributed by atoms with Crippen LogP contribution in [0.1, 0.15) is 43.2 Å². The zero-order valence-electron chi connectivity index (χ0n) is 16.9. The first-order chi connectivity index (χ1) is 13.3. The van der Waals surface area contributed by atoms with Gasteiger partial charge in [0.25, 0.3) is 0 Å². The molecule has 5 nitrogen and oxygen atoms in total. The number of benzene rings is 2. The van der Waals surface area contributed by atoms with E-state index in [-0.39, 0.29) is 11.4 Å². The second kappa shape index (κ2) is 6.82. The average Bonchev–Trinajstić information content (AvgIpc) is 3.12. The van der Waals surface area contributed by atoms with Gasteiger partial charge in [-0.3, -0.25) is 4.90 Å². The number of aryl methyl sites for hydroxylation is 1. The number of hydrogen-bond acceptors (Lipinski definition) is 2. The zero-order valence-corrected chi connectivity index (χ0v) is 16.9. The van der Waals surface area contributed by atoms with E-state index in [2.05, 4.69) is 51.2 Å². The Kier molecular flexibility index (Phi) is 4.46. The van der Waals surface area contributed by atoms with Crippen LogP contribution >= 0.6 is 0 Å². The van der Waals surface area contributed by atoms with Crippen molar-refractivity contribution in [1.29, 1.82) is 0 Å². The smallest absolute Gasteiger partial charge is 0.323 e. The summed E-state index contributed by atoms with van der Waals surface area (Å²) in [6.07, 6.45) is 0. The fourth-order valence-electron chi connectivity index (χ4n) is 3.46. The van der Waals surface area contributed by atoms with Crippen molar-refractivity contribution >= 4 is 11.8 Å². The van der Waals surface area contributed by atoms with Gasteiger partial charge in [-0.2, -0.15) is 5.10 Å². The van der Waals surface area contributed by atoms with E-state index >= 15 is 0 Å². The summed E-state index contributed by atoms with van der Waals surface area (Å²) < 4.78 is 1.90. The maximum absolute atomic E-state index is 13.1. The predicted octanol–water partition coefficient (Wildman–Crippen LogP) is 4.71. The number of carbonyl (C=O) groups excluding carboxylic acids is 1. The molecule has 0 saturated carbocycles. The second-order valence-electron chi connectivity index (χ2n) is 8.35. The Labute approximate surface area is 166 Å². The molecule has 1 N–H and O–H groups in total. The predicted molar refractivity (Wildman–Crippen MR) is 112 cm³/mol. The molecule has 1 aliphatic rings. The number of anilines is 1. The van der Waals surface area contributed by atoms with E-state index in [9.17, 15) is 4.79 Å². The summed E-state index contributed by atoms with van der Waals surface area (Å²) in [5, 5.41) is 7.90. The minimum Gasteiger partial charge on any atom is -0.334 e. The molecular formula is C23H26N4O. The summed E-state index contributed by atoms with van der Waals surface area (Å²) >= 11 is 0. The number of fused-ring (bicyclic) bond motifs is 3. The van der Waals surface area contributed by atoms with E-state index in [1.54, 1.807) is 4.90 Å². The largest absolute Gasteiger partial charge is 0.334 e. The summed E-state index contributed by atoms with van der Waals surface area (Å²) in [5.74, 6) is 0.811. The van der Waals surface area contributed by atoms with Crippen LogP contribution in [0.4, 0.5) is 10.6 Å². The van der Waals surface area contributed by atoms with Crippen molar-refractivity contribution in [3.8, 4) is 5.69 Å². The Morgan fingerprint density at radius 2 is 1.82 bits per heavy atom. The van der Waals surface area contributed by atoms with E-state index in [0.29, 0.717) is 13.1 Å². The van der Waals surface area contributed by atoms with Gasteiger partial charge in [0.2, 0.25) is 0 Å². The van der Waals surface area contributed by atoms with E-state index in [4.69, 9.17) is 5.10 Å². The van der Waals surface area contributed by atoms with Gasteiger partial charge in [0.1, 0.15) is 5.82 Å². The highest BCUT2D eigenvalue weighted by Crippen LogP contribution is 2.34. The Morgan fingerprint density at radius 3 is 2.57 bits per heavy atom. The van der Waals surface area contributed by atoms with Crippen molar-refractivity contribution in [3.05, 3.63) is 77.0 Å². The summed E-state index contributed by atoms with van der Waals surface area (Å²) in [6, 6.07) is 18.1. The number of aromatic nitrogens is 2. The van der Waals surface area contributed by atoms with Crippen molar-refractivity contribution in [2.45, 2.75) is 46.2 Å². The minimum absolute atomic E-state index is 0.0947. The van der Waals surface area contributed by atoms with Gasteiger partial charge in [0.15, 0.2) is 0 Å². The topological polar surface area (TPSA) is 50.2 Å². The number of urea groups is 1. The molecule has 2 heterocycles. The molecule has 0 saturated heterocycles. The lowest BCUT2D eigenvalue weighted by Crippen LogP contribution is -2.42. The molecule has 4 rings (SSSR count). The Hall–Kier alpha value is -3.08.